The number of fused-ring (bicyclic) bond motifs is 2. The minimum absolute atomic E-state index is 0.145. The van der Waals surface area contributed by atoms with Crippen molar-refractivity contribution in [2.75, 3.05) is 5.01 Å². The van der Waals surface area contributed by atoms with Crippen molar-refractivity contribution in [3.8, 4) is 0 Å². The lowest BCUT2D eigenvalue weighted by atomic mass is 9.89. The molecule has 110 valence electrons. The summed E-state index contributed by atoms with van der Waals surface area (Å²) in [6.45, 7) is 1.88. The molecule has 0 amide bonds. The second-order valence-corrected chi connectivity index (χ2v) is 7.12. The van der Waals surface area contributed by atoms with Gasteiger partial charge in [0.25, 0.3) is 0 Å². The van der Waals surface area contributed by atoms with Crippen molar-refractivity contribution in [1.82, 2.24) is 4.98 Å². The van der Waals surface area contributed by atoms with Crippen LogP contribution in [0.4, 0.5) is 5.13 Å². The molecular weight excluding hydrogens is 282 g/mol. The molecule has 1 aliphatic carbocycles. The minimum atomic E-state index is -0.951. The molecule has 1 N–H and O–H groups in total. The number of hydrogen-bond acceptors (Lipinski definition) is 5. The number of nitrogens with zero attached hydrogens (tertiary/aromatic N) is 3. The van der Waals surface area contributed by atoms with Gasteiger partial charge in [-0.15, -0.1) is 0 Å². The number of benzene rings is 1. The van der Waals surface area contributed by atoms with Gasteiger partial charge in [-0.2, -0.15) is 5.10 Å². The molecule has 1 aromatic carbocycles. The molecule has 1 aromatic heterocycles. The van der Waals surface area contributed by atoms with Crippen LogP contribution in [0.25, 0.3) is 10.2 Å². The normalized spacial score (nSPS) is 29.3. The first-order valence-electron chi connectivity index (χ1n) is 7.62. The molecule has 2 heterocycles. The van der Waals surface area contributed by atoms with E-state index < -0.39 is 5.72 Å². The van der Waals surface area contributed by atoms with Crippen LogP contribution in [0.2, 0.25) is 0 Å². The van der Waals surface area contributed by atoms with Gasteiger partial charge < -0.3 is 5.11 Å². The third-order valence-electron chi connectivity index (χ3n) is 4.61. The summed E-state index contributed by atoms with van der Waals surface area (Å²) in [7, 11) is 0. The summed E-state index contributed by atoms with van der Waals surface area (Å²) in [5.41, 5.74) is 1.17. The van der Waals surface area contributed by atoms with Gasteiger partial charge in [-0.1, -0.05) is 36.3 Å². The number of aliphatic hydroxyl groups is 1. The van der Waals surface area contributed by atoms with E-state index in [0.29, 0.717) is 0 Å². The number of hydrazone groups is 1. The van der Waals surface area contributed by atoms with Crippen LogP contribution in [0.1, 0.15) is 39.0 Å². The van der Waals surface area contributed by atoms with Crippen molar-refractivity contribution in [3.63, 3.8) is 0 Å². The predicted molar refractivity (Wildman–Crippen MR) is 86.7 cm³/mol. The average molecular weight is 301 g/mol. The summed E-state index contributed by atoms with van der Waals surface area (Å²) in [5.74, 6) is 0.145. The number of anilines is 1. The van der Waals surface area contributed by atoms with Gasteiger partial charge in [0, 0.05) is 11.6 Å². The summed E-state index contributed by atoms with van der Waals surface area (Å²) in [4.78, 5) is 4.65. The van der Waals surface area contributed by atoms with Crippen LogP contribution in [0, 0.1) is 5.92 Å². The van der Waals surface area contributed by atoms with Crippen molar-refractivity contribution in [2.45, 2.75) is 44.8 Å². The molecule has 4 rings (SSSR count). The number of aromatic nitrogens is 1. The fourth-order valence-electron chi connectivity index (χ4n) is 3.45. The van der Waals surface area contributed by atoms with E-state index in [-0.39, 0.29) is 5.92 Å². The molecule has 1 aliphatic heterocycles. The number of rotatable bonds is 1. The Morgan fingerprint density at radius 1 is 1.29 bits per heavy atom. The van der Waals surface area contributed by atoms with Crippen LogP contribution in [0.15, 0.2) is 29.4 Å². The van der Waals surface area contributed by atoms with Gasteiger partial charge in [0.15, 0.2) is 5.72 Å². The maximum atomic E-state index is 11.0. The molecule has 0 radical (unpaired) electrons. The highest BCUT2D eigenvalue weighted by Crippen LogP contribution is 2.42. The lowest BCUT2D eigenvalue weighted by Crippen LogP contribution is -2.46. The molecule has 2 atom stereocenters. The zero-order valence-electron chi connectivity index (χ0n) is 12.1. The van der Waals surface area contributed by atoms with Crippen molar-refractivity contribution >= 4 is 32.4 Å². The first kappa shape index (κ1) is 13.2. The van der Waals surface area contributed by atoms with Crippen molar-refractivity contribution < 1.29 is 5.11 Å². The molecule has 0 saturated heterocycles. The monoisotopic (exact) mass is 301 g/mol. The highest BCUT2D eigenvalue weighted by Gasteiger charge is 2.47. The van der Waals surface area contributed by atoms with E-state index >= 15 is 0 Å². The molecule has 2 aromatic rings. The highest BCUT2D eigenvalue weighted by atomic mass is 32.1. The molecule has 5 heteroatoms. The van der Waals surface area contributed by atoms with Crippen molar-refractivity contribution in [2.24, 2.45) is 11.0 Å². The zero-order valence-corrected chi connectivity index (χ0v) is 12.9. The van der Waals surface area contributed by atoms with Crippen molar-refractivity contribution in [3.05, 3.63) is 24.3 Å². The molecule has 1 saturated carbocycles. The third-order valence-corrected chi connectivity index (χ3v) is 5.62. The smallest absolute Gasteiger partial charge is 0.209 e. The molecule has 1 fully saturated rings. The largest absolute Gasteiger partial charge is 0.369 e. The molecule has 4 nitrogen and oxygen atoms in total. The molecule has 21 heavy (non-hydrogen) atoms. The first-order valence-corrected chi connectivity index (χ1v) is 8.43. The number of thiazole rings is 1. The van der Waals surface area contributed by atoms with E-state index in [1.807, 2.05) is 25.1 Å². The van der Waals surface area contributed by atoms with E-state index in [1.54, 1.807) is 16.3 Å². The van der Waals surface area contributed by atoms with E-state index in [0.717, 1.165) is 33.9 Å². The van der Waals surface area contributed by atoms with Crippen LogP contribution < -0.4 is 5.01 Å². The quantitative estimate of drug-likeness (QED) is 0.872. The highest BCUT2D eigenvalue weighted by molar-refractivity contribution is 7.22. The summed E-state index contributed by atoms with van der Waals surface area (Å²) < 4.78 is 1.13. The van der Waals surface area contributed by atoms with Gasteiger partial charge in [-0.25, -0.2) is 9.99 Å². The summed E-state index contributed by atoms with van der Waals surface area (Å²) >= 11 is 1.60. The zero-order chi connectivity index (χ0) is 14.4. The van der Waals surface area contributed by atoms with Gasteiger partial charge in [-0.3, -0.25) is 0 Å². The van der Waals surface area contributed by atoms with Crippen LogP contribution in [-0.2, 0) is 0 Å². The maximum absolute atomic E-state index is 11.0. The first-order chi connectivity index (χ1) is 10.2. The number of hydrogen-bond donors (Lipinski definition) is 1. The summed E-state index contributed by atoms with van der Waals surface area (Å²) in [6.07, 6.45) is 5.62. The van der Waals surface area contributed by atoms with E-state index in [2.05, 4.69) is 11.1 Å². The second-order valence-electron chi connectivity index (χ2n) is 6.11. The van der Waals surface area contributed by atoms with E-state index in [1.165, 1.54) is 19.3 Å². The van der Waals surface area contributed by atoms with Gasteiger partial charge >= 0.3 is 0 Å². The Bertz CT molecular complexity index is 673. The average Bonchev–Trinajstić information content (AvgIpc) is 2.87. The molecule has 0 bridgehead atoms. The third kappa shape index (κ3) is 2.07. The molecular formula is C16H19N3OS. The topological polar surface area (TPSA) is 48.7 Å². The van der Waals surface area contributed by atoms with Gasteiger partial charge in [0.05, 0.1) is 10.2 Å². The Labute approximate surface area is 128 Å². The molecule has 0 unspecified atom stereocenters. The Hall–Kier alpha value is -1.46. The standard InChI is InChI=1S/C16H19N3OS/c1-16(20)11-7-3-2-4-8-12(11)18-19(16)15-17-13-9-5-6-10-14(13)21-15/h5-6,9-11,20H,2-4,7-8H2,1H3/t11-,16+/m0/s1. The van der Waals surface area contributed by atoms with Gasteiger partial charge in [0.1, 0.15) is 0 Å². The Morgan fingerprint density at radius 2 is 2.14 bits per heavy atom. The minimum Gasteiger partial charge on any atom is -0.369 e. The van der Waals surface area contributed by atoms with Crippen LogP contribution in [-0.4, -0.2) is 21.5 Å². The second kappa shape index (κ2) is 4.78. The van der Waals surface area contributed by atoms with E-state index in [4.69, 9.17) is 5.10 Å². The molecule has 0 spiro atoms. The van der Waals surface area contributed by atoms with E-state index in [9.17, 15) is 5.11 Å². The SMILES string of the molecule is C[C@@]1(O)[C@H]2CCCCCC2=NN1c1nc2ccccc2s1. The number of para-hydroxylation sites is 1. The van der Waals surface area contributed by atoms with Crippen LogP contribution in [0.3, 0.4) is 0 Å². The van der Waals surface area contributed by atoms with Crippen LogP contribution >= 0.6 is 11.3 Å². The fourth-order valence-corrected chi connectivity index (χ4v) is 4.46. The van der Waals surface area contributed by atoms with Gasteiger partial charge in [0.2, 0.25) is 5.13 Å². The summed E-state index contributed by atoms with van der Waals surface area (Å²) in [5, 5.41) is 18.3. The Balaban J connectivity index is 1.77. The van der Waals surface area contributed by atoms with Crippen molar-refractivity contribution in [1.29, 1.82) is 0 Å². The van der Waals surface area contributed by atoms with Crippen LogP contribution in [0.5, 0.6) is 0 Å². The van der Waals surface area contributed by atoms with Gasteiger partial charge in [-0.05, 0) is 38.3 Å². The molecule has 2 aliphatic rings. The fraction of sp³-hybridized carbons (Fsp3) is 0.500. The summed E-state index contributed by atoms with van der Waals surface area (Å²) in [6, 6.07) is 8.07. The Kier molecular flexibility index (Phi) is 3.01. The maximum Gasteiger partial charge on any atom is 0.209 e. The lowest BCUT2D eigenvalue weighted by molar-refractivity contribution is 0.0295. The lowest BCUT2D eigenvalue weighted by Gasteiger charge is -2.32. The predicted octanol–water partition coefficient (Wildman–Crippen LogP) is 3.76. The Morgan fingerprint density at radius 3 is 3.00 bits per heavy atom.